The van der Waals surface area contributed by atoms with Gasteiger partial charge in [-0.25, -0.2) is 4.98 Å². The fourth-order valence-electron chi connectivity index (χ4n) is 3.34. The molecule has 0 aliphatic heterocycles. The molecular formula is C24H24N4O2. The molecule has 0 saturated carbocycles. The van der Waals surface area contributed by atoms with E-state index in [2.05, 4.69) is 27.9 Å². The topological polar surface area (TPSA) is 69.0 Å². The highest BCUT2D eigenvalue weighted by atomic mass is 16.5. The molecule has 152 valence electrons. The van der Waals surface area contributed by atoms with E-state index >= 15 is 0 Å². The van der Waals surface area contributed by atoms with Gasteiger partial charge in [0.25, 0.3) is 5.91 Å². The number of carbonyl (C=O) groups excluding carboxylic acids is 1. The van der Waals surface area contributed by atoms with Gasteiger partial charge in [-0.2, -0.15) is 0 Å². The van der Waals surface area contributed by atoms with E-state index in [9.17, 15) is 4.79 Å². The van der Waals surface area contributed by atoms with Gasteiger partial charge in [0.15, 0.2) is 0 Å². The van der Waals surface area contributed by atoms with Crippen LogP contribution in [0.3, 0.4) is 0 Å². The molecule has 1 amide bonds. The molecule has 2 heterocycles. The van der Waals surface area contributed by atoms with Gasteiger partial charge in [0.2, 0.25) is 0 Å². The van der Waals surface area contributed by atoms with Crippen LogP contribution in [-0.4, -0.2) is 33.6 Å². The number of hydrogen-bond donors (Lipinski definition) is 1. The van der Waals surface area contributed by atoms with E-state index in [1.54, 1.807) is 24.5 Å². The normalized spacial score (nSPS) is 10.8. The molecular weight excluding hydrogens is 376 g/mol. The fraction of sp³-hybridized carbons (Fsp3) is 0.208. The van der Waals surface area contributed by atoms with Crippen LogP contribution in [-0.2, 0) is 13.0 Å². The lowest BCUT2D eigenvalue weighted by Crippen LogP contribution is -2.26. The van der Waals surface area contributed by atoms with E-state index in [0.717, 1.165) is 22.6 Å². The number of para-hydroxylation sites is 2. The van der Waals surface area contributed by atoms with Gasteiger partial charge in [0.05, 0.1) is 23.1 Å². The van der Waals surface area contributed by atoms with Gasteiger partial charge in [0.1, 0.15) is 18.2 Å². The Labute approximate surface area is 175 Å². The molecule has 0 atom stereocenters. The second kappa shape index (κ2) is 9.22. The van der Waals surface area contributed by atoms with Gasteiger partial charge < -0.3 is 14.6 Å². The summed E-state index contributed by atoms with van der Waals surface area (Å²) < 4.78 is 8.08. The Morgan fingerprint density at radius 1 is 1.07 bits per heavy atom. The minimum atomic E-state index is -0.131. The zero-order valence-electron chi connectivity index (χ0n) is 16.9. The summed E-state index contributed by atoms with van der Waals surface area (Å²) in [5, 5.41) is 2.94. The van der Waals surface area contributed by atoms with Crippen LogP contribution >= 0.6 is 0 Å². The first kappa shape index (κ1) is 19.6. The monoisotopic (exact) mass is 400 g/mol. The lowest BCUT2D eigenvalue weighted by atomic mass is 10.2. The van der Waals surface area contributed by atoms with E-state index in [0.29, 0.717) is 31.7 Å². The summed E-state index contributed by atoms with van der Waals surface area (Å²) in [6.45, 7) is 3.77. The van der Waals surface area contributed by atoms with E-state index in [4.69, 9.17) is 9.72 Å². The molecule has 0 unspecified atom stereocenters. The van der Waals surface area contributed by atoms with Crippen molar-refractivity contribution >= 4 is 16.9 Å². The Balaban J connectivity index is 1.42. The van der Waals surface area contributed by atoms with E-state index in [1.165, 1.54) is 5.56 Å². The number of pyridine rings is 1. The number of ether oxygens (including phenoxy) is 1. The molecule has 2 aromatic carbocycles. The molecule has 2 aromatic heterocycles. The van der Waals surface area contributed by atoms with Crippen LogP contribution in [0.1, 0.15) is 21.7 Å². The summed E-state index contributed by atoms with van der Waals surface area (Å²) in [6, 6.07) is 19.6. The lowest BCUT2D eigenvalue weighted by Gasteiger charge is -2.11. The van der Waals surface area contributed by atoms with Crippen molar-refractivity contribution < 1.29 is 9.53 Å². The largest absolute Gasteiger partial charge is 0.492 e. The van der Waals surface area contributed by atoms with Crippen LogP contribution in [0.2, 0.25) is 0 Å². The third-order valence-corrected chi connectivity index (χ3v) is 4.90. The Hall–Kier alpha value is -3.67. The van der Waals surface area contributed by atoms with Gasteiger partial charge in [0, 0.05) is 25.4 Å². The summed E-state index contributed by atoms with van der Waals surface area (Å²) >= 11 is 0. The van der Waals surface area contributed by atoms with Gasteiger partial charge in [-0.15, -0.1) is 0 Å². The fourth-order valence-corrected chi connectivity index (χ4v) is 3.34. The van der Waals surface area contributed by atoms with Crippen molar-refractivity contribution in [1.82, 2.24) is 19.9 Å². The van der Waals surface area contributed by atoms with Crippen molar-refractivity contribution in [2.75, 3.05) is 13.2 Å². The maximum Gasteiger partial charge on any atom is 0.252 e. The van der Waals surface area contributed by atoms with Crippen LogP contribution in [0, 0.1) is 6.92 Å². The third kappa shape index (κ3) is 4.66. The number of rotatable bonds is 8. The lowest BCUT2D eigenvalue weighted by molar-refractivity contribution is 0.0953. The van der Waals surface area contributed by atoms with Crippen LogP contribution < -0.4 is 10.1 Å². The molecule has 0 radical (unpaired) electrons. The summed E-state index contributed by atoms with van der Waals surface area (Å²) in [4.78, 5) is 21.0. The predicted octanol–water partition coefficient (Wildman–Crippen LogP) is 3.79. The summed E-state index contributed by atoms with van der Waals surface area (Å²) in [6.07, 6.45) is 3.84. The Bertz CT molecular complexity index is 1120. The van der Waals surface area contributed by atoms with E-state index in [1.807, 2.05) is 42.5 Å². The Kier molecular flexibility index (Phi) is 6.03. The quantitative estimate of drug-likeness (QED) is 0.489. The molecule has 0 saturated heterocycles. The number of fused-ring (bicyclic) bond motifs is 1. The summed E-state index contributed by atoms with van der Waals surface area (Å²) in [7, 11) is 0. The minimum absolute atomic E-state index is 0.131. The van der Waals surface area contributed by atoms with Gasteiger partial charge in [-0.05, 0) is 43.3 Å². The molecule has 4 rings (SSSR count). The van der Waals surface area contributed by atoms with Gasteiger partial charge in [-0.3, -0.25) is 9.78 Å². The number of nitrogens with one attached hydrogen (secondary N) is 1. The summed E-state index contributed by atoms with van der Waals surface area (Å²) in [5.74, 6) is 1.65. The van der Waals surface area contributed by atoms with Crippen LogP contribution in [0.4, 0.5) is 0 Å². The van der Waals surface area contributed by atoms with Crippen LogP contribution in [0.25, 0.3) is 11.0 Å². The van der Waals surface area contributed by atoms with Crippen molar-refractivity contribution in [2.45, 2.75) is 19.9 Å². The Morgan fingerprint density at radius 2 is 1.90 bits per heavy atom. The first-order chi connectivity index (χ1) is 14.7. The SMILES string of the molecule is Cc1ccc(OCCn2c(CCNC(=O)c3cccnc3)nc3ccccc32)cc1. The molecule has 1 N–H and O–H groups in total. The molecule has 4 aromatic rings. The number of carbonyl (C=O) groups is 1. The second-order valence-electron chi connectivity index (χ2n) is 7.08. The molecule has 0 aliphatic rings. The third-order valence-electron chi connectivity index (χ3n) is 4.90. The van der Waals surface area contributed by atoms with Gasteiger partial charge in [-0.1, -0.05) is 29.8 Å². The van der Waals surface area contributed by atoms with E-state index in [-0.39, 0.29) is 5.91 Å². The maximum absolute atomic E-state index is 12.2. The average Bonchev–Trinajstić information content (AvgIpc) is 3.13. The van der Waals surface area contributed by atoms with Gasteiger partial charge >= 0.3 is 0 Å². The number of aryl methyl sites for hydroxylation is 1. The highest BCUT2D eigenvalue weighted by Gasteiger charge is 2.11. The first-order valence-electron chi connectivity index (χ1n) is 10.0. The number of hydrogen-bond acceptors (Lipinski definition) is 4. The molecule has 0 fully saturated rings. The van der Waals surface area contributed by atoms with E-state index < -0.39 is 0 Å². The summed E-state index contributed by atoms with van der Waals surface area (Å²) in [5.41, 5.74) is 3.77. The zero-order valence-corrected chi connectivity index (χ0v) is 16.9. The number of aromatic nitrogens is 3. The number of amides is 1. The first-order valence-corrected chi connectivity index (χ1v) is 10.0. The molecule has 6 nitrogen and oxygen atoms in total. The highest BCUT2D eigenvalue weighted by Crippen LogP contribution is 2.17. The van der Waals surface area contributed by atoms with Crippen molar-refractivity contribution in [3.05, 3.63) is 90.0 Å². The molecule has 30 heavy (non-hydrogen) atoms. The minimum Gasteiger partial charge on any atom is -0.492 e. The average molecular weight is 400 g/mol. The van der Waals surface area contributed by atoms with Crippen molar-refractivity contribution in [2.24, 2.45) is 0 Å². The molecule has 0 bridgehead atoms. The Morgan fingerprint density at radius 3 is 2.70 bits per heavy atom. The van der Waals surface area contributed by atoms with Crippen LogP contribution in [0.15, 0.2) is 73.1 Å². The van der Waals surface area contributed by atoms with Crippen molar-refractivity contribution in [3.8, 4) is 5.75 Å². The number of nitrogens with zero attached hydrogens (tertiary/aromatic N) is 3. The zero-order chi connectivity index (χ0) is 20.8. The second-order valence-corrected chi connectivity index (χ2v) is 7.08. The van der Waals surface area contributed by atoms with Crippen molar-refractivity contribution in [3.63, 3.8) is 0 Å². The predicted molar refractivity (Wildman–Crippen MR) is 117 cm³/mol. The number of imidazole rings is 1. The van der Waals surface area contributed by atoms with Crippen LogP contribution in [0.5, 0.6) is 5.75 Å². The molecule has 0 spiro atoms. The molecule has 0 aliphatic carbocycles. The van der Waals surface area contributed by atoms with Crippen molar-refractivity contribution in [1.29, 1.82) is 0 Å². The number of benzene rings is 2. The maximum atomic E-state index is 12.2. The highest BCUT2D eigenvalue weighted by molar-refractivity contribution is 5.93. The molecule has 6 heteroatoms. The standard InChI is InChI=1S/C24H24N4O2/c1-18-8-10-20(11-9-18)30-16-15-28-22-7-3-2-6-21(22)27-23(28)12-14-26-24(29)19-5-4-13-25-17-19/h2-11,13,17H,12,14-16H2,1H3,(H,26,29). The smallest absolute Gasteiger partial charge is 0.252 e.